The Labute approximate surface area is 217 Å². The average Bonchev–Trinajstić information content (AvgIpc) is 3.43. The first-order valence-electron chi connectivity index (χ1n) is 13.0. The average molecular weight is 489 g/mol. The van der Waals surface area contributed by atoms with Crippen LogP contribution in [0, 0.1) is 12.8 Å². The van der Waals surface area contributed by atoms with E-state index >= 15 is 0 Å². The van der Waals surface area contributed by atoms with Crippen LogP contribution in [0.3, 0.4) is 0 Å². The van der Waals surface area contributed by atoms with Gasteiger partial charge in [0.25, 0.3) is 0 Å². The highest BCUT2D eigenvalue weighted by Gasteiger charge is 2.21. The molecule has 6 rings (SSSR count). The summed E-state index contributed by atoms with van der Waals surface area (Å²) < 4.78 is 12.2. The van der Waals surface area contributed by atoms with E-state index in [2.05, 4.69) is 95.1 Å². The number of nitrogens with zero attached hydrogens (tertiary/aromatic N) is 2. The first-order chi connectivity index (χ1) is 17.7. The number of benzene rings is 2. The molecule has 4 nitrogen and oxygen atoms in total. The molecule has 0 N–H and O–H groups in total. The number of hydrogen-bond donors (Lipinski definition) is 0. The van der Waals surface area contributed by atoms with Crippen LogP contribution in [0.25, 0.3) is 55.4 Å². The lowest BCUT2D eigenvalue weighted by atomic mass is 9.83. The Bertz CT molecular complexity index is 1780. The maximum absolute atomic E-state index is 6.23. The largest absolute Gasteiger partial charge is 0.461 e. The highest BCUT2D eigenvalue weighted by atomic mass is 16.3. The number of rotatable bonds is 4. The molecule has 0 aliphatic carbocycles. The lowest BCUT2D eigenvalue weighted by Gasteiger charge is -2.22. The van der Waals surface area contributed by atoms with Crippen molar-refractivity contribution in [3.63, 3.8) is 0 Å². The minimum atomic E-state index is -0.0382. The highest BCUT2D eigenvalue weighted by molar-refractivity contribution is 5.99. The van der Waals surface area contributed by atoms with Crippen molar-refractivity contribution >= 4 is 33.0 Å². The molecule has 4 heteroatoms. The first-order valence-corrected chi connectivity index (χ1v) is 13.0. The van der Waals surface area contributed by atoms with E-state index in [9.17, 15) is 0 Å². The second-order valence-corrected chi connectivity index (χ2v) is 11.6. The van der Waals surface area contributed by atoms with E-state index in [-0.39, 0.29) is 5.41 Å². The van der Waals surface area contributed by atoms with Gasteiger partial charge in [-0.15, -0.1) is 0 Å². The summed E-state index contributed by atoms with van der Waals surface area (Å²) in [6, 6.07) is 19.3. The van der Waals surface area contributed by atoms with Gasteiger partial charge in [-0.25, -0.2) is 4.98 Å². The molecule has 0 bridgehead atoms. The Balaban J connectivity index is 1.56. The van der Waals surface area contributed by atoms with Crippen LogP contribution in [0.4, 0.5) is 0 Å². The van der Waals surface area contributed by atoms with Crippen molar-refractivity contribution in [2.45, 2.75) is 53.4 Å². The minimum Gasteiger partial charge on any atom is -0.461 e. The molecular weight excluding hydrogens is 456 g/mol. The van der Waals surface area contributed by atoms with Crippen molar-refractivity contribution in [3.8, 4) is 22.4 Å². The molecule has 0 spiro atoms. The number of aromatic nitrogens is 2. The van der Waals surface area contributed by atoms with Crippen LogP contribution in [0.1, 0.15) is 51.5 Å². The number of furan rings is 2. The summed E-state index contributed by atoms with van der Waals surface area (Å²) in [6.45, 7) is 13.2. The Morgan fingerprint density at radius 2 is 1.78 bits per heavy atom. The summed E-state index contributed by atoms with van der Waals surface area (Å²) in [5.74, 6) is 1.58. The van der Waals surface area contributed by atoms with Gasteiger partial charge in [-0.3, -0.25) is 4.98 Å². The van der Waals surface area contributed by atoms with Crippen LogP contribution in [0.2, 0.25) is 0 Å². The van der Waals surface area contributed by atoms with Gasteiger partial charge >= 0.3 is 0 Å². The lowest BCUT2D eigenvalue weighted by Crippen LogP contribution is -2.12. The SMILES string of the molecule is Cc1coc2nc(-c3cc(C(C)(C)C)c4cccnc4c3)cc(-c3ccc4cc(CC(C)C)oc4c3)c12. The van der Waals surface area contributed by atoms with Crippen LogP contribution in [0.5, 0.6) is 0 Å². The van der Waals surface area contributed by atoms with Crippen LogP contribution in [-0.4, -0.2) is 9.97 Å². The van der Waals surface area contributed by atoms with Crippen LogP contribution >= 0.6 is 0 Å². The predicted molar refractivity (Wildman–Crippen MR) is 152 cm³/mol. The molecule has 37 heavy (non-hydrogen) atoms. The molecule has 0 atom stereocenters. The normalized spacial score (nSPS) is 12.4. The summed E-state index contributed by atoms with van der Waals surface area (Å²) in [7, 11) is 0. The zero-order valence-electron chi connectivity index (χ0n) is 22.3. The molecule has 4 aromatic heterocycles. The molecule has 0 aliphatic rings. The van der Waals surface area contributed by atoms with Gasteiger partial charge in [0.1, 0.15) is 11.3 Å². The topological polar surface area (TPSA) is 52.1 Å². The van der Waals surface area contributed by atoms with Gasteiger partial charge < -0.3 is 8.83 Å². The van der Waals surface area contributed by atoms with Gasteiger partial charge in [0, 0.05) is 29.0 Å². The number of pyridine rings is 2. The second-order valence-electron chi connectivity index (χ2n) is 11.6. The Morgan fingerprint density at radius 1 is 0.946 bits per heavy atom. The van der Waals surface area contributed by atoms with Crippen LogP contribution in [0.15, 0.2) is 75.9 Å². The molecule has 2 aromatic carbocycles. The Hall–Kier alpha value is -3.92. The van der Waals surface area contributed by atoms with Crippen LogP contribution in [-0.2, 0) is 11.8 Å². The number of hydrogen-bond acceptors (Lipinski definition) is 4. The zero-order valence-corrected chi connectivity index (χ0v) is 22.3. The summed E-state index contributed by atoms with van der Waals surface area (Å²) in [6.07, 6.45) is 4.57. The van der Waals surface area contributed by atoms with E-state index in [1.807, 2.05) is 12.3 Å². The molecule has 0 fully saturated rings. The standard InChI is InChI=1S/C33H32N2O2/c1-19(2)12-24-13-22-10-9-21(16-30(22)37-24)26-17-28(35-32-31(26)20(3)18-36-32)23-14-27(33(4,5)6)25-8-7-11-34-29(25)15-23/h7-11,13-19H,12H2,1-6H3. The first kappa shape index (κ1) is 23.5. The summed E-state index contributed by atoms with van der Waals surface area (Å²) in [5.41, 5.74) is 8.89. The third-order valence-corrected chi connectivity index (χ3v) is 7.04. The molecule has 0 radical (unpaired) electrons. The minimum absolute atomic E-state index is 0.0382. The van der Waals surface area contributed by atoms with Gasteiger partial charge in [-0.1, -0.05) is 52.8 Å². The summed E-state index contributed by atoms with van der Waals surface area (Å²) in [4.78, 5) is 9.65. The Kier molecular flexibility index (Phi) is 5.45. The maximum atomic E-state index is 6.23. The quantitative estimate of drug-likeness (QED) is 0.248. The van der Waals surface area contributed by atoms with Gasteiger partial charge in [0.15, 0.2) is 0 Å². The fraction of sp³-hybridized carbons (Fsp3) is 0.273. The molecule has 0 saturated carbocycles. The van der Waals surface area contributed by atoms with E-state index in [0.29, 0.717) is 11.6 Å². The number of aryl methyl sites for hydroxylation is 1. The van der Waals surface area contributed by atoms with E-state index < -0.39 is 0 Å². The van der Waals surface area contributed by atoms with Crippen molar-refractivity contribution in [1.82, 2.24) is 9.97 Å². The van der Waals surface area contributed by atoms with E-state index in [1.54, 1.807) is 6.26 Å². The van der Waals surface area contributed by atoms with E-state index in [1.165, 1.54) is 10.9 Å². The van der Waals surface area contributed by atoms with Gasteiger partial charge in [-0.05, 0) is 76.9 Å². The fourth-order valence-corrected chi connectivity index (χ4v) is 5.27. The van der Waals surface area contributed by atoms with Crippen molar-refractivity contribution < 1.29 is 8.83 Å². The highest BCUT2D eigenvalue weighted by Crippen LogP contribution is 2.39. The molecule has 4 heterocycles. The lowest BCUT2D eigenvalue weighted by molar-refractivity contribution is 0.500. The fourth-order valence-electron chi connectivity index (χ4n) is 5.27. The van der Waals surface area contributed by atoms with Crippen molar-refractivity contribution in [1.29, 1.82) is 0 Å². The van der Waals surface area contributed by atoms with Crippen molar-refractivity contribution in [2.24, 2.45) is 5.92 Å². The summed E-state index contributed by atoms with van der Waals surface area (Å²) >= 11 is 0. The number of fused-ring (bicyclic) bond motifs is 3. The van der Waals surface area contributed by atoms with Gasteiger partial charge in [0.05, 0.1) is 22.9 Å². The molecule has 6 aromatic rings. The second kappa shape index (κ2) is 8.58. The molecule has 0 saturated heterocycles. The summed E-state index contributed by atoms with van der Waals surface area (Å²) in [5, 5.41) is 3.34. The van der Waals surface area contributed by atoms with E-state index in [4.69, 9.17) is 13.8 Å². The van der Waals surface area contributed by atoms with Crippen molar-refractivity contribution in [2.75, 3.05) is 0 Å². The maximum Gasteiger partial charge on any atom is 0.227 e. The monoisotopic (exact) mass is 488 g/mol. The van der Waals surface area contributed by atoms with Gasteiger partial charge in [0.2, 0.25) is 5.71 Å². The third kappa shape index (κ3) is 4.21. The van der Waals surface area contributed by atoms with Crippen molar-refractivity contribution in [3.05, 3.63) is 83.9 Å². The third-order valence-electron chi connectivity index (χ3n) is 7.04. The predicted octanol–water partition coefficient (Wildman–Crippen LogP) is 9.26. The van der Waals surface area contributed by atoms with E-state index in [0.717, 1.165) is 62.0 Å². The smallest absolute Gasteiger partial charge is 0.227 e. The van der Waals surface area contributed by atoms with Gasteiger partial charge in [-0.2, -0.15) is 0 Å². The Morgan fingerprint density at radius 3 is 2.57 bits per heavy atom. The van der Waals surface area contributed by atoms with Crippen LogP contribution < -0.4 is 0 Å². The molecule has 0 amide bonds. The zero-order chi connectivity index (χ0) is 25.9. The molecule has 0 aliphatic heterocycles. The molecule has 186 valence electrons. The molecule has 0 unspecified atom stereocenters. The molecular formula is C33H32N2O2.